The van der Waals surface area contributed by atoms with Gasteiger partial charge in [0.15, 0.2) is 0 Å². The number of carbonyl (C=O) groups is 1. The molecule has 2 amide bonds. The van der Waals surface area contributed by atoms with Crippen LogP contribution in [0.1, 0.15) is 25.3 Å². The highest BCUT2D eigenvalue weighted by Crippen LogP contribution is 2.20. The van der Waals surface area contributed by atoms with E-state index in [1.54, 1.807) is 29.4 Å². The minimum Gasteiger partial charge on any atom is -0.319 e. The number of rotatable bonds is 7. The minimum absolute atomic E-state index is 0.00353. The molecule has 1 atom stereocenters. The summed E-state index contributed by atoms with van der Waals surface area (Å²) in [5.74, 6) is 0. The van der Waals surface area contributed by atoms with Crippen molar-refractivity contribution < 1.29 is 9.72 Å². The van der Waals surface area contributed by atoms with E-state index in [0.717, 1.165) is 31.5 Å². The fraction of sp³-hybridized carbons (Fsp3) is 0.400. The molecule has 1 aromatic carbocycles. The van der Waals surface area contributed by atoms with Crippen LogP contribution in [0.3, 0.4) is 0 Å². The molecule has 2 heterocycles. The third kappa shape index (κ3) is 5.04. The van der Waals surface area contributed by atoms with Crippen molar-refractivity contribution in [2.75, 3.05) is 25.0 Å². The van der Waals surface area contributed by atoms with Gasteiger partial charge in [-0.3, -0.25) is 20.0 Å². The topological polar surface area (TPSA) is 91.6 Å². The first-order valence-corrected chi connectivity index (χ1v) is 9.50. The third-order valence-corrected chi connectivity index (χ3v) is 5.08. The highest BCUT2D eigenvalue weighted by molar-refractivity contribution is 5.89. The van der Waals surface area contributed by atoms with E-state index in [1.807, 2.05) is 12.1 Å². The number of likely N-dealkylation sites (N-methyl/N-ethyl adjacent to an activating group) is 1. The van der Waals surface area contributed by atoms with E-state index in [-0.39, 0.29) is 11.7 Å². The molecule has 148 valence electrons. The molecule has 3 rings (SSSR count). The number of nitro benzene ring substituents is 1. The fourth-order valence-corrected chi connectivity index (χ4v) is 3.57. The molecule has 0 bridgehead atoms. The fourth-order valence-electron chi connectivity index (χ4n) is 3.57. The number of nitro groups is 1. The Morgan fingerprint density at radius 3 is 2.64 bits per heavy atom. The zero-order valence-electron chi connectivity index (χ0n) is 16.0. The van der Waals surface area contributed by atoms with Crippen LogP contribution in [0.15, 0.2) is 48.8 Å². The molecule has 1 fully saturated rings. The molecule has 0 spiro atoms. The van der Waals surface area contributed by atoms with Crippen LogP contribution in [-0.4, -0.2) is 51.4 Å². The van der Waals surface area contributed by atoms with E-state index in [9.17, 15) is 14.9 Å². The first-order valence-electron chi connectivity index (χ1n) is 9.50. The molecular formula is C20H25N5O3. The molecule has 8 nitrogen and oxygen atoms in total. The van der Waals surface area contributed by atoms with Gasteiger partial charge in [-0.25, -0.2) is 4.79 Å². The number of non-ortho nitro benzene ring substituents is 1. The summed E-state index contributed by atoms with van der Waals surface area (Å²) in [7, 11) is 0. The lowest BCUT2D eigenvalue weighted by molar-refractivity contribution is -0.384. The highest BCUT2D eigenvalue weighted by atomic mass is 16.6. The Labute approximate surface area is 164 Å². The van der Waals surface area contributed by atoms with E-state index in [0.29, 0.717) is 24.8 Å². The van der Waals surface area contributed by atoms with E-state index < -0.39 is 4.92 Å². The standard InChI is InChI=1S/C20H25N5O3/c1-2-23-13-3-4-19(23)15-24(14-16-9-11-21-12-10-16)20(26)22-17-5-7-18(8-6-17)25(27)28/h5-12,19H,2-4,13-15H2,1H3,(H,22,26). The minimum atomic E-state index is -0.458. The summed E-state index contributed by atoms with van der Waals surface area (Å²) < 4.78 is 0. The van der Waals surface area contributed by atoms with Crippen molar-refractivity contribution in [1.29, 1.82) is 0 Å². The predicted molar refractivity (Wildman–Crippen MR) is 107 cm³/mol. The van der Waals surface area contributed by atoms with E-state index in [2.05, 4.69) is 22.1 Å². The van der Waals surface area contributed by atoms with Gasteiger partial charge in [-0.05, 0) is 55.8 Å². The number of nitrogens with one attached hydrogen (secondary N) is 1. The second kappa shape index (κ2) is 9.27. The molecule has 1 unspecified atom stereocenters. The second-order valence-electron chi connectivity index (χ2n) is 6.89. The lowest BCUT2D eigenvalue weighted by Crippen LogP contribution is -2.44. The van der Waals surface area contributed by atoms with Crippen LogP contribution < -0.4 is 5.32 Å². The maximum atomic E-state index is 13.0. The number of likely N-dealkylation sites (tertiary alicyclic amines) is 1. The van der Waals surface area contributed by atoms with Gasteiger partial charge in [-0.15, -0.1) is 0 Å². The summed E-state index contributed by atoms with van der Waals surface area (Å²) in [5, 5.41) is 13.7. The zero-order chi connectivity index (χ0) is 19.9. The van der Waals surface area contributed by atoms with Gasteiger partial charge in [0, 0.05) is 49.3 Å². The Hall–Kier alpha value is -3.00. The van der Waals surface area contributed by atoms with Crippen molar-refractivity contribution in [3.8, 4) is 0 Å². The highest BCUT2D eigenvalue weighted by Gasteiger charge is 2.27. The Balaban J connectivity index is 1.72. The number of hydrogen-bond donors (Lipinski definition) is 1. The molecule has 8 heteroatoms. The number of hydrogen-bond acceptors (Lipinski definition) is 5. The third-order valence-electron chi connectivity index (χ3n) is 5.08. The maximum absolute atomic E-state index is 13.0. The number of nitrogens with zero attached hydrogens (tertiary/aromatic N) is 4. The Morgan fingerprint density at radius 1 is 1.29 bits per heavy atom. The van der Waals surface area contributed by atoms with E-state index in [1.165, 1.54) is 12.1 Å². The smallest absolute Gasteiger partial charge is 0.319 e. The summed E-state index contributed by atoms with van der Waals surface area (Å²) >= 11 is 0. The molecule has 0 radical (unpaired) electrons. The molecule has 0 saturated carbocycles. The van der Waals surface area contributed by atoms with Crippen LogP contribution in [0.25, 0.3) is 0 Å². The summed E-state index contributed by atoms with van der Waals surface area (Å²) in [4.78, 5) is 31.5. The summed E-state index contributed by atoms with van der Waals surface area (Å²) in [6, 6.07) is 9.81. The SMILES string of the molecule is CCN1CCCC1CN(Cc1ccncc1)C(=O)Nc1ccc([N+](=O)[O-])cc1. The van der Waals surface area contributed by atoms with E-state index >= 15 is 0 Å². The second-order valence-corrected chi connectivity index (χ2v) is 6.89. The van der Waals surface area contributed by atoms with Crippen molar-refractivity contribution in [2.24, 2.45) is 0 Å². The number of anilines is 1. The summed E-state index contributed by atoms with van der Waals surface area (Å²) in [5.41, 5.74) is 1.54. The molecule has 1 aliphatic rings. The Kier molecular flexibility index (Phi) is 6.54. The first kappa shape index (κ1) is 19.8. The summed E-state index contributed by atoms with van der Waals surface area (Å²) in [6.45, 7) is 5.29. The average molecular weight is 383 g/mol. The largest absolute Gasteiger partial charge is 0.322 e. The molecule has 1 N–H and O–H groups in total. The summed E-state index contributed by atoms with van der Waals surface area (Å²) in [6.07, 6.45) is 5.66. The van der Waals surface area contributed by atoms with Gasteiger partial charge in [0.2, 0.25) is 0 Å². The maximum Gasteiger partial charge on any atom is 0.322 e. The van der Waals surface area contributed by atoms with Crippen molar-refractivity contribution in [3.63, 3.8) is 0 Å². The number of carbonyl (C=O) groups excluding carboxylic acids is 1. The number of amides is 2. The monoisotopic (exact) mass is 383 g/mol. The van der Waals surface area contributed by atoms with Gasteiger partial charge in [0.25, 0.3) is 5.69 Å². The van der Waals surface area contributed by atoms with Crippen LogP contribution in [-0.2, 0) is 6.54 Å². The number of urea groups is 1. The number of pyridine rings is 1. The molecule has 1 saturated heterocycles. The lowest BCUT2D eigenvalue weighted by atomic mass is 10.2. The Bertz CT molecular complexity index is 797. The lowest BCUT2D eigenvalue weighted by Gasteiger charge is -2.30. The molecular weight excluding hydrogens is 358 g/mol. The van der Waals surface area contributed by atoms with E-state index in [4.69, 9.17) is 0 Å². The van der Waals surface area contributed by atoms with Crippen molar-refractivity contribution in [1.82, 2.24) is 14.8 Å². The van der Waals surface area contributed by atoms with Gasteiger partial charge in [0.1, 0.15) is 0 Å². The quantitative estimate of drug-likeness (QED) is 0.583. The van der Waals surface area contributed by atoms with Crippen LogP contribution in [0, 0.1) is 10.1 Å². The van der Waals surface area contributed by atoms with Crippen molar-refractivity contribution in [3.05, 3.63) is 64.5 Å². The molecule has 0 aliphatic carbocycles. The van der Waals surface area contributed by atoms with Crippen molar-refractivity contribution >= 4 is 17.4 Å². The van der Waals surface area contributed by atoms with Crippen LogP contribution in [0.5, 0.6) is 0 Å². The Morgan fingerprint density at radius 2 is 2.00 bits per heavy atom. The molecule has 1 aliphatic heterocycles. The van der Waals surface area contributed by atoms with Gasteiger partial charge in [-0.1, -0.05) is 6.92 Å². The first-order chi connectivity index (χ1) is 13.6. The number of aromatic nitrogens is 1. The molecule has 28 heavy (non-hydrogen) atoms. The van der Waals surface area contributed by atoms with Crippen LogP contribution >= 0.6 is 0 Å². The van der Waals surface area contributed by atoms with Crippen LogP contribution in [0.2, 0.25) is 0 Å². The number of benzene rings is 1. The van der Waals surface area contributed by atoms with Crippen LogP contribution in [0.4, 0.5) is 16.2 Å². The van der Waals surface area contributed by atoms with Crippen molar-refractivity contribution in [2.45, 2.75) is 32.4 Å². The van der Waals surface area contributed by atoms with Gasteiger partial charge >= 0.3 is 6.03 Å². The van der Waals surface area contributed by atoms with Gasteiger partial charge in [-0.2, -0.15) is 0 Å². The zero-order valence-corrected chi connectivity index (χ0v) is 16.0. The van der Waals surface area contributed by atoms with Gasteiger partial charge in [0.05, 0.1) is 4.92 Å². The normalized spacial score (nSPS) is 16.7. The average Bonchev–Trinajstić information content (AvgIpc) is 3.16. The van der Waals surface area contributed by atoms with Gasteiger partial charge < -0.3 is 10.2 Å². The molecule has 2 aromatic rings. The molecule has 1 aromatic heterocycles. The predicted octanol–water partition coefficient (Wildman–Crippen LogP) is 3.51.